The van der Waals surface area contributed by atoms with Crippen molar-refractivity contribution in [2.24, 2.45) is 0 Å². The van der Waals surface area contributed by atoms with Gasteiger partial charge in [0.05, 0.1) is 10.8 Å². The van der Waals surface area contributed by atoms with Crippen molar-refractivity contribution in [2.45, 2.75) is 12.7 Å². The quantitative estimate of drug-likeness (QED) is 0.775. The van der Waals surface area contributed by atoms with E-state index in [0.29, 0.717) is 46.3 Å². The first kappa shape index (κ1) is 18.2. The summed E-state index contributed by atoms with van der Waals surface area (Å²) < 4.78 is 11.1. The first-order chi connectivity index (χ1) is 12.0. The van der Waals surface area contributed by atoms with Gasteiger partial charge < -0.3 is 14.8 Å². The molecule has 1 N–H and O–H groups in total. The summed E-state index contributed by atoms with van der Waals surface area (Å²) in [6, 6.07) is 9.18. The molecule has 1 heterocycles. The van der Waals surface area contributed by atoms with E-state index in [1.807, 2.05) is 25.1 Å². The Morgan fingerprint density at radius 1 is 1.20 bits per heavy atom. The second-order valence-corrected chi connectivity index (χ2v) is 7.43. The van der Waals surface area contributed by atoms with Gasteiger partial charge in [-0.05, 0) is 42.3 Å². The number of carbonyl (C=O) groups excluding carboxylic acids is 1. The molecule has 0 aromatic heterocycles. The van der Waals surface area contributed by atoms with Gasteiger partial charge in [-0.25, -0.2) is 0 Å². The monoisotopic (exact) mass is 397 g/mol. The average molecular weight is 398 g/mol. The average Bonchev–Trinajstić information content (AvgIpc) is 2.58. The van der Waals surface area contributed by atoms with Gasteiger partial charge in [0.25, 0.3) is 0 Å². The molecule has 7 heteroatoms. The van der Waals surface area contributed by atoms with Gasteiger partial charge in [-0.3, -0.25) is 4.79 Å². The maximum atomic E-state index is 12.1. The zero-order chi connectivity index (χ0) is 17.8. The molecule has 0 saturated heterocycles. The Kier molecular flexibility index (Phi) is 5.99. The third kappa shape index (κ3) is 4.75. The van der Waals surface area contributed by atoms with Crippen molar-refractivity contribution in [1.29, 1.82) is 0 Å². The third-order valence-corrected chi connectivity index (χ3v) is 5.15. The van der Waals surface area contributed by atoms with Crippen LogP contribution in [0.5, 0.6) is 11.5 Å². The lowest BCUT2D eigenvalue weighted by atomic mass is 10.2. The number of fused-ring (bicyclic) bond motifs is 1. The molecule has 0 unspecified atom stereocenters. The minimum atomic E-state index is -0.0704. The fourth-order valence-corrected chi connectivity index (χ4v) is 3.65. The zero-order valence-corrected chi connectivity index (χ0v) is 15.9. The highest BCUT2D eigenvalue weighted by Gasteiger charge is 2.16. The first-order valence-electron chi connectivity index (χ1n) is 7.74. The van der Waals surface area contributed by atoms with Crippen molar-refractivity contribution >= 4 is 46.6 Å². The topological polar surface area (TPSA) is 47.6 Å². The van der Waals surface area contributed by atoms with Crippen LogP contribution in [0.1, 0.15) is 11.1 Å². The Balaban J connectivity index is 1.55. The maximum absolute atomic E-state index is 12.1. The normalized spacial score (nSPS) is 12.8. The van der Waals surface area contributed by atoms with E-state index in [9.17, 15) is 4.79 Å². The summed E-state index contributed by atoms with van der Waals surface area (Å²) in [6.45, 7) is 2.95. The predicted molar refractivity (Wildman–Crippen MR) is 103 cm³/mol. The summed E-state index contributed by atoms with van der Waals surface area (Å²) >= 11 is 13.7. The number of halogens is 2. The summed E-state index contributed by atoms with van der Waals surface area (Å²) in [5.74, 6) is 2.17. The van der Waals surface area contributed by atoms with Crippen LogP contribution in [0.4, 0.5) is 5.69 Å². The van der Waals surface area contributed by atoms with E-state index in [4.69, 9.17) is 32.7 Å². The molecule has 25 heavy (non-hydrogen) atoms. The van der Waals surface area contributed by atoms with Crippen LogP contribution < -0.4 is 14.8 Å². The highest BCUT2D eigenvalue weighted by Crippen LogP contribution is 2.39. The lowest BCUT2D eigenvalue weighted by Gasteiger charge is -2.20. The molecule has 0 saturated carbocycles. The molecular weight excluding hydrogens is 381 g/mol. The minimum absolute atomic E-state index is 0.0704. The number of thioether (sulfide) groups is 1. The Morgan fingerprint density at radius 3 is 2.84 bits per heavy atom. The zero-order valence-electron chi connectivity index (χ0n) is 13.6. The minimum Gasteiger partial charge on any atom is -0.486 e. The molecule has 0 bridgehead atoms. The largest absolute Gasteiger partial charge is 0.486 e. The number of carbonyl (C=O) groups is 1. The number of nitrogens with one attached hydrogen (secondary N) is 1. The van der Waals surface area contributed by atoms with Crippen LogP contribution in [0.25, 0.3) is 0 Å². The molecule has 1 amide bonds. The number of benzene rings is 2. The molecule has 132 valence electrons. The second-order valence-electron chi connectivity index (χ2n) is 5.60. The van der Waals surface area contributed by atoms with Crippen molar-refractivity contribution in [2.75, 3.05) is 24.3 Å². The van der Waals surface area contributed by atoms with E-state index in [1.54, 1.807) is 12.1 Å². The van der Waals surface area contributed by atoms with Crippen LogP contribution in [0.15, 0.2) is 30.3 Å². The van der Waals surface area contributed by atoms with Crippen LogP contribution in [0, 0.1) is 6.92 Å². The van der Waals surface area contributed by atoms with Crippen LogP contribution in [-0.2, 0) is 10.5 Å². The standard InChI is InChI=1S/C18H17Cl2NO3S/c1-11-2-3-13(19)8-15(11)21-17(22)10-25-9-12-6-14(20)18-16(7-12)23-4-5-24-18/h2-3,6-8H,4-5,9-10H2,1H3,(H,21,22). The summed E-state index contributed by atoms with van der Waals surface area (Å²) in [7, 11) is 0. The molecule has 1 aliphatic rings. The number of rotatable bonds is 5. The smallest absolute Gasteiger partial charge is 0.234 e. The summed E-state index contributed by atoms with van der Waals surface area (Å²) in [5, 5.41) is 4.01. The Bertz CT molecular complexity index is 798. The van der Waals surface area contributed by atoms with Crippen LogP contribution in [0.3, 0.4) is 0 Å². The number of amides is 1. The molecule has 2 aromatic rings. The number of hydrogen-bond acceptors (Lipinski definition) is 4. The molecule has 0 radical (unpaired) electrons. The SMILES string of the molecule is Cc1ccc(Cl)cc1NC(=O)CSCc1cc(Cl)c2c(c1)OCCO2. The van der Waals surface area contributed by atoms with E-state index in [-0.39, 0.29) is 5.91 Å². The molecular formula is C18H17Cl2NO3S. The molecule has 0 fully saturated rings. The summed E-state index contributed by atoms with van der Waals surface area (Å²) in [6.07, 6.45) is 0. The van der Waals surface area contributed by atoms with Gasteiger partial charge in [0.1, 0.15) is 13.2 Å². The van der Waals surface area contributed by atoms with Crippen molar-refractivity contribution < 1.29 is 14.3 Å². The Morgan fingerprint density at radius 2 is 2.00 bits per heavy atom. The number of hydrogen-bond donors (Lipinski definition) is 1. The van der Waals surface area contributed by atoms with Crippen LogP contribution >= 0.6 is 35.0 Å². The number of ether oxygens (including phenoxy) is 2. The van der Waals surface area contributed by atoms with Crippen molar-refractivity contribution in [3.8, 4) is 11.5 Å². The van der Waals surface area contributed by atoms with Gasteiger partial charge >= 0.3 is 0 Å². The highest BCUT2D eigenvalue weighted by molar-refractivity contribution is 7.99. The van der Waals surface area contributed by atoms with Crippen molar-refractivity contribution in [1.82, 2.24) is 0 Å². The van der Waals surface area contributed by atoms with Crippen LogP contribution in [-0.4, -0.2) is 24.9 Å². The molecule has 4 nitrogen and oxygen atoms in total. The summed E-state index contributed by atoms with van der Waals surface area (Å²) in [5.41, 5.74) is 2.70. The van der Waals surface area contributed by atoms with E-state index in [2.05, 4.69) is 5.32 Å². The molecule has 0 spiro atoms. The fraction of sp³-hybridized carbons (Fsp3) is 0.278. The van der Waals surface area contributed by atoms with Gasteiger partial charge in [-0.15, -0.1) is 11.8 Å². The lowest BCUT2D eigenvalue weighted by molar-refractivity contribution is -0.113. The van der Waals surface area contributed by atoms with E-state index in [0.717, 1.165) is 16.8 Å². The van der Waals surface area contributed by atoms with E-state index >= 15 is 0 Å². The molecule has 2 aromatic carbocycles. The Hall–Kier alpha value is -1.56. The van der Waals surface area contributed by atoms with Crippen molar-refractivity contribution in [3.63, 3.8) is 0 Å². The first-order valence-corrected chi connectivity index (χ1v) is 9.66. The second kappa shape index (κ2) is 8.21. The van der Waals surface area contributed by atoms with Gasteiger partial charge in [0.15, 0.2) is 11.5 Å². The van der Waals surface area contributed by atoms with Gasteiger partial charge in [-0.1, -0.05) is 29.3 Å². The summed E-state index contributed by atoms with van der Waals surface area (Å²) in [4.78, 5) is 12.1. The predicted octanol–water partition coefficient (Wildman–Crippen LogP) is 4.94. The molecule has 1 aliphatic heterocycles. The van der Waals surface area contributed by atoms with Crippen LogP contribution in [0.2, 0.25) is 10.0 Å². The lowest BCUT2D eigenvalue weighted by Crippen LogP contribution is -2.16. The molecule has 3 rings (SSSR count). The molecule has 0 aliphatic carbocycles. The highest BCUT2D eigenvalue weighted by atomic mass is 35.5. The fourth-order valence-electron chi connectivity index (χ4n) is 2.42. The van der Waals surface area contributed by atoms with E-state index < -0.39 is 0 Å². The van der Waals surface area contributed by atoms with Gasteiger partial charge in [-0.2, -0.15) is 0 Å². The van der Waals surface area contributed by atoms with Crippen molar-refractivity contribution in [3.05, 3.63) is 51.5 Å². The maximum Gasteiger partial charge on any atom is 0.234 e. The number of aryl methyl sites for hydroxylation is 1. The number of anilines is 1. The van der Waals surface area contributed by atoms with Gasteiger partial charge in [0, 0.05) is 16.5 Å². The Labute approximate surface area is 160 Å². The van der Waals surface area contributed by atoms with E-state index in [1.165, 1.54) is 11.8 Å². The third-order valence-electron chi connectivity index (χ3n) is 3.63. The molecule has 0 atom stereocenters. The van der Waals surface area contributed by atoms with Gasteiger partial charge in [0.2, 0.25) is 5.91 Å².